The summed E-state index contributed by atoms with van der Waals surface area (Å²) in [5, 5.41) is 4.86. The molecule has 38 heavy (non-hydrogen) atoms. The number of aromatic nitrogens is 2. The first-order chi connectivity index (χ1) is 18.4. The maximum absolute atomic E-state index is 12.9. The van der Waals surface area contributed by atoms with Crippen LogP contribution in [0.1, 0.15) is 44.1 Å². The molecule has 0 spiro atoms. The molecular weight excluding hydrogens is 518 g/mol. The number of pyridine rings is 2. The number of aryl methyl sites for hydroxylation is 1. The Labute approximate surface area is 237 Å². The molecule has 1 aromatic carbocycles. The maximum Gasteiger partial charge on any atom is 0.259 e. The number of fused-ring (bicyclic) bond motifs is 1. The Hall–Kier alpha value is -2.40. The molecule has 2 aromatic heterocycles. The Morgan fingerprint density at radius 1 is 0.974 bits per heavy atom. The summed E-state index contributed by atoms with van der Waals surface area (Å²) in [6.07, 6.45) is 10.6. The zero-order chi connectivity index (χ0) is 28.1. The van der Waals surface area contributed by atoms with E-state index in [1.54, 1.807) is 32.0 Å². The van der Waals surface area contributed by atoms with E-state index in [-0.39, 0.29) is 5.56 Å². The number of ether oxygens (including phenoxy) is 2. The SMILES string of the molecule is COc1cc(-c2cn(C)c(=O)c3cnc(NCCCCCCCCN)cc23)cc(OC)c1CN(C)C.SS. The number of nitrogens with zero attached hydrogens (tertiary/aromatic N) is 3. The van der Waals surface area contributed by atoms with Gasteiger partial charge in [0.15, 0.2) is 0 Å². The van der Waals surface area contributed by atoms with Gasteiger partial charge in [-0.15, -0.1) is 23.3 Å². The highest BCUT2D eigenvalue weighted by Crippen LogP contribution is 2.38. The lowest BCUT2D eigenvalue weighted by Crippen LogP contribution is -2.17. The van der Waals surface area contributed by atoms with Crippen LogP contribution < -0.4 is 26.1 Å². The van der Waals surface area contributed by atoms with Crippen LogP contribution in [0.5, 0.6) is 11.5 Å². The number of nitrogens with one attached hydrogen (secondary N) is 1. The second-order valence-electron chi connectivity index (χ2n) is 9.51. The number of methoxy groups -OCH3 is 2. The maximum atomic E-state index is 12.9. The number of hydrogen-bond donors (Lipinski definition) is 4. The zero-order valence-electron chi connectivity index (χ0n) is 23.3. The third-order valence-corrected chi connectivity index (χ3v) is 6.40. The molecule has 0 saturated carbocycles. The number of nitrogens with two attached hydrogens (primary N) is 1. The van der Waals surface area contributed by atoms with Gasteiger partial charge in [0, 0.05) is 43.5 Å². The summed E-state index contributed by atoms with van der Waals surface area (Å²) in [5.41, 5.74) is 8.31. The van der Waals surface area contributed by atoms with Gasteiger partial charge >= 0.3 is 0 Å². The molecule has 2 heterocycles. The molecule has 0 bridgehead atoms. The first kappa shape index (κ1) is 31.8. The van der Waals surface area contributed by atoms with Crippen molar-refractivity contribution in [3.05, 3.63) is 46.5 Å². The van der Waals surface area contributed by atoms with Gasteiger partial charge < -0.3 is 30.0 Å². The average molecular weight is 562 g/mol. The predicted octanol–water partition coefficient (Wildman–Crippen LogP) is 5.15. The quantitative estimate of drug-likeness (QED) is 0.123. The van der Waals surface area contributed by atoms with Gasteiger partial charge in [-0.25, -0.2) is 4.98 Å². The molecule has 0 atom stereocenters. The van der Waals surface area contributed by atoms with Crippen molar-refractivity contribution in [2.24, 2.45) is 12.8 Å². The number of hydrogen-bond acceptors (Lipinski definition) is 9. The van der Waals surface area contributed by atoms with E-state index >= 15 is 0 Å². The van der Waals surface area contributed by atoms with Gasteiger partial charge in [-0.2, -0.15) is 0 Å². The second-order valence-corrected chi connectivity index (χ2v) is 9.51. The number of anilines is 1. The summed E-state index contributed by atoms with van der Waals surface area (Å²) in [7, 11) is 9.12. The molecule has 3 rings (SSSR count). The van der Waals surface area contributed by atoms with E-state index in [1.807, 2.05) is 38.5 Å². The topological polar surface area (TPSA) is 94.6 Å². The van der Waals surface area contributed by atoms with Crippen molar-refractivity contribution < 1.29 is 9.47 Å². The van der Waals surface area contributed by atoms with Crippen LogP contribution in [0.3, 0.4) is 0 Å². The summed E-state index contributed by atoms with van der Waals surface area (Å²) in [6, 6.07) is 6.00. The Morgan fingerprint density at radius 3 is 2.16 bits per heavy atom. The summed E-state index contributed by atoms with van der Waals surface area (Å²) >= 11 is 6.44. The Balaban J connectivity index is 0.00000247. The molecule has 0 unspecified atom stereocenters. The molecule has 10 heteroatoms. The molecule has 3 aromatic rings. The van der Waals surface area contributed by atoms with Crippen LogP contribution in [0.2, 0.25) is 0 Å². The highest BCUT2D eigenvalue weighted by atomic mass is 33.1. The van der Waals surface area contributed by atoms with Gasteiger partial charge in [0.1, 0.15) is 17.3 Å². The van der Waals surface area contributed by atoms with Crippen molar-refractivity contribution >= 4 is 39.9 Å². The zero-order valence-corrected chi connectivity index (χ0v) is 25.1. The summed E-state index contributed by atoms with van der Waals surface area (Å²) in [5.74, 6) is 2.26. The number of rotatable bonds is 14. The third kappa shape index (κ3) is 8.56. The molecule has 0 fully saturated rings. The van der Waals surface area contributed by atoms with Crippen molar-refractivity contribution in [1.82, 2.24) is 14.5 Å². The van der Waals surface area contributed by atoms with E-state index in [9.17, 15) is 4.79 Å². The van der Waals surface area contributed by atoms with E-state index in [4.69, 9.17) is 15.2 Å². The van der Waals surface area contributed by atoms with Gasteiger partial charge in [0.25, 0.3) is 5.56 Å². The number of unbranched alkanes of at least 4 members (excludes halogenated alkanes) is 5. The lowest BCUT2D eigenvalue weighted by Gasteiger charge is -2.19. The van der Waals surface area contributed by atoms with Crippen LogP contribution in [0.15, 0.2) is 35.4 Å². The minimum Gasteiger partial charge on any atom is -0.496 e. The highest BCUT2D eigenvalue weighted by molar-refractivity contribution is 8.59. The Kier molecular flexibility index (Phi) is 13.8. The van der Waals surface area contributed by atoms with E-state index in [0.29, 0.717) is 11.9 Å². The minimum absolute atomic E-state index is 0.0755. The number of thiol groups is 2. The van der Waals surface area contributed by atoms with Crippen LogP contribution in [-0.2, 0) is 13.6 Å². The van der Waals surface area contributed by atoms with Gasteiger partial charge in [0.2, 0.25) is 0 Å². The highest BCUT2D eigenvalue weighted by Gasteiger charge is 2.17. The molecule has 0 aliphatic carbocycles. The van der Waals surface area contributed by atoms with Gasteiger partial charge in [-0.3, -0.25) is 4.79 Å². The van der Waals surface area contributed by atoms with Crippen LogP contribution in [0.4, 0.5) is 5.82 Å². The van der Waals surface area contributed by atoms with Crippen LogP contribution in [-0.4, -0.2) is 55.9 Å². The standard InChI is InChI=1S/C28H41N5O3.H2S2/c1-32(2)18-24-25(35-4)14-20(15-26(24)36-5)23-19-33(3)28(34)22-17-31-27(16-21(22)23)30-13-11-9-7-6-8-10-12-29;1-2/h14-17,19H,6-13,18,29H2,1-5H3,(H,30,31);1-2H. The van der Waals surface area contributed by atoms with Gasteiger partial charge in [0.05, 0.1) is 25.2 Å². The third-order valence-electron chi connectivity index (χ3n) is 6.40. The van der Waals surface area contributed by atoms with Crippen molar-refractivity contribution in [2.75, 3.05) is 46.7 Å². The van der Waals surface area contributed by atoms with Crippen LogP contribution in [0.25, 0.3) is 21.9 Å². The monoisotopic (exact) mass is 561 g/mol. The fourth-order valence-corrected chi connectivity index (χ4v) is 4.49. The second kappa shape index (κ2) is 16.5. The molecular formula is C28H43N5O3S2. The van der Waals surface area contributed by atoms with E-state index in [1.165, 1.54) is 25.7 Å². The van der Waals surface area contributed by atoms with Crippen molar-refractivity contribution in [1.29, 1.82) is 0 Å². The average Bonchev–Trinajstić information content (AvgIpc) is 2.93. The largest absolute Gasteiger partial charge is 0.496 e. The lowest BCUT2D eigenvalue weighted by molar-refractivity contribution is 0.349. The molecule has 0 aliphatic rings. The van der Waals surface area contributed by atoms with E-state index < -0.39 is 0 Å². The first-order valence-corrected chi connectivity index (χ1v) is 14.5. The molecule has 0 saturated heterocycles. The normalized spacial score (nSPS) is 10.9. The Morgan fingerprint density at radius 2 is 1.58 bits per heavy atom. The molecule has 210 valence electrons. The fraction of sp³-hybridized carbons (Fsp3) is 0.500. The molecule has 3 N–H and O–H groups in total. The number of benzene rings is 1. The van der Waals surface area contributed by atoms with Crippen molar-refractivity contribution in [3.63, 3.8) is 0 Å². The van der Waals surface area contributed by atoms with Crippen molar-refractivity contribution in [2.45, 2.75) is 45.1 Å². The fourth-order valence-electron chi connectivity index (χ4n) is 4.49. The Bertz CT molecular complexity index is 1190. The summed E-state index contributed by atoms with van der Waals surface area (Å²) in [4.78, 5) is 19.5. The van der Waals surface area contributed by atoms with Gasteiger partial charge in [-0.1, -0.05) is 25.7 Å². The summed E-state index contributed by atoms with van der Waals surface area (Å²) in [6.45, 7) is 2.31. The first-order valence-electron chi connectivity index (χ1n) is 12.9. The summed E-state index contributed by atoms with van der Waals surface area (Å²) < 4.78 is 13.1. The lowest BCUT2D eigenvalue weighted by atomic mass is 9.98. The molecule has 0 amide bonds. The smallest absolute Gasteiger partial charge is 0.259 e. The molecule has 0 aliphatic heterocycles. The predicted molar refractivity (Wildman–Crippen MR) is 166 cm³/mol. The van der Waals surface area contributed by atoms with Crippen LogP contribution in [0, 0.1) is 0 Å². The minimum atomic E-state index is -0.0755. The molecule has 0 radical (unpaired) electrons. The molecule has 8 nitrogen and oxygen atoms in total. The van der Waals surface area contributed by atoms with E-state index in [0.717, 1.165) is 65.3 Å². The van der Waals surface area contributed by atoms with Crippen molar-refractivity contribution in [3.8, 4) is 22.6 Å². The van der Waals surface area contributed by atoms with Crippen LogP contribution >= 0.6 is 23.3 Å². The van der Waals surface area contributed by atoms with Gasteiger partial charge in [-0.05, 0) is 57.2 Å². The van der Waals surface area contributed by atoms with E-state index in [2.05, 4.69) is 38.5 Å².